The third-order valence-electron chi connectivity index (χ3n) is 0.756. The standard InChI is InChI=1S/C6H7ClO3/c1-2-10-6(9)5(3-7)4-8/h3-4H,2H2,1H3/b5-3+. The van der Waals surface area contributed by atoms with Crippen molar-refractivity contribution in [1.82, 2.24) is 0 Å². The maximum atomic E-state index is 10.6. The van der Waals surface area contributed by atoms with E-state index >= 15 is 0 Å². The molecule has 0 bridgehead atoms. The van der Waals surface area contributed by atoms with Gasteiger partial charge in [0.1, 0.15) is 5.57 Å². The van der Waals surface area contributed by atoms with Crippen LogP contribution in [-0.4, -0.2) is 18.9 Å². The number of hydrogen-bond acceptors (Lipinski definition) is 3. The monoisotopic (exact) mass is 162 g/mol. The highest BCUT2D eigenvalue weighted by Crippen LogP contribution is 1.95. The minimum atomic E-state index is -0.687. The van der Waals surface area contributed by atoms with Crippen LogP contribution in [0, 0.1) is 0 Å². The second-order valence-electron chi connectivity index (χ2n) is 1.40. The Balaban J connectivity index is 4.04. The molecule has 0 aromatic carbocycles. The summed E-state index contributed by atoms with van der Waals surface area (Å²) in [5.74, 6) is -0.687. The van der Waals surface area contributed by atoms with Crippen molar-refractivity contribution in [3.63, 3.8) is 0 Å². The fourth-order valence-electron chi connectivity index (χ4n) is 0.333. The first-order chi connectivity index (χ1) is 4.76. The molecule has 56 valence electrons. The number of halogens is 1. The van der Waals surface area contributed by atoms with E-state index in [0.29, 0.717) is 6.29 Å². The SMILES string of the molecule is CCOC(=O)/C(C=O)=C/Cl. The van der Waals surface area contributed by atoms with Crippen molar-refractivity contribution >= 4 is 23.9 Å². The van der Waals surface area contributed by atoms with E-state index in [1.807, 2.05) is 0 Å². The van der Waals surface area contributed by atoms with Crippen LogP contribution in [0.15, 0.2) is 11.1 Å². The van der Waals surface area contributed by atoms with E-state index in [0.717, 1.165) is 5.54 Å². The molecule has 0 radical (unpaired) electrons. The molecule has 10 heavy (non-hydrogen) atoms. The van der Waals surface area contributed by atoms with Gasteiger partial charge in [0.2, 0.25) is 0 Å². The van der Waals surface area contributed by atoms with Crippen molar-refractivity contribution in [1.29, 1.82) is 0 Å². The van der Waals surface area contributed by atoms with Crippen LogP contribution in [0.25, 0.3) is 0 Å². The third-order valence-corrected chi connectivity index (χ3v) is 0.991. The smallest absolute Gasteiger partial charge is 0.342 e. The van der Waals surface area contributed by atoms with Gasteiger partial charge in [-0.25, -0.2) is 4.79 Å². The van der Waals surface area contributed by atoms with Crippen LogP contribution in [0.1, 0.15) is 6.92 Å². The zero-order valence-electron chi connectivity index (χ0n) is 5.46. The molecule has 0 amide bonds. The number of ether oxygens (including phenoxy) is 1. The van der Waals surface area contributed by atoms with Crippen LogP contribution < -0.4 is 0 Å². The number of carbonyl (C=O) groups excluding carboxylic acids is 2. The van der Waals surface area contributed by atoms with Crippen LogP contribution in [0.3, 0.4) is 0 Å². The van der Waals surface area contributed by atoms with E-state index in [2.05, 4.69) is 4.74 Å². The molecule has 3 nitrogen and oxygen atoms in total. The molecule has 0 N–H and O–H groups in total. The number of rotatable bonds is 3. The fourth-order valence-corrected chi connectivity index (χ4v) is 0.473. The molecule has 0 unspecified atom stereocenters. The third kappa shape index (κ3) is 2.64. The number of hydrogen-bond donors (Lipinski definition) is 0. The second kappa shape index (κ2) is 4.99. The van der Waals surface area contributed by atoms with Crippen LogP contribution in [0.5, 0.6) is 0 Å². The maximum absolute atomic E-state index is 10.6. The molecule has 0 saturated carbocycles. The second-order valence-corrected chi connectivity index (χ2v) is 1.62. The number of aldehydes is 1. The number of esters is 1. The van der Waals surface area contributed by atoms with E-state index in [1.54, 1.807) is 6.92 Å². The Morgan fingerprint density at radius 3 is 2.60 bits per heavy atom. The van der Waals surface area contributed by atoms with Gasteiger partial charge < -0.3 is 4.74 Å². The first-order valence-corrected chi connectivity index (χ1v) is 3.12. The molecular formula is C6H7ClO3. The van der Waals surface area contributed by atoms with E-state index < -0.39 is 5.97 Å². The normalized spacial score (nSPS) is 10.8. The summed E-state index contributed by atoms with van der Waals surface area (Å²) in [6, 6.07) is 0. The summed E-state index contributed by atoms with van der Waals surface area (Å²) in [7, 11) is 0. The molecule has 0 aliphatic heterocycles. The van der Waals surface area contributed by atoms with Crippen molar-refractivity contribution in [3.8, 4) is 0 Å². The molecule has 0 spiro atoms. The molecule has 4 heteroatoms. The Morgan fingerprint density at radius 1 is 1.70 bits per heavy atom. The molecule has 0 aromatic heterocycles. The number of carbonyl (C=O) groups is 2. The van der Waals surface area contributed by atoms with E-state index in [1.165, 1.54) is 0 Å². The molecule has 0 saturated heterocycles. The Morgan fingerprint density at radius 2 is 2.30 bits per heavy atom. The van der Waals surface area contributed by atoms with Crippen LogP contribution in [-0.2, 0) is 14.3 Å². The lowest BCUT2D eigenvalue weighted by Gasteiger charge is -1.96. The van der Waals surface area contributed by atoms with Gasteiger partial charge in [-0.3, -0.25) is 4.79 Å². The van der Waals surface area contributed by atoms with Gasteiger partial charge in [0, 0.05) is 5.54 Å². The molecule has 0 fully saturated rings. The Hall–Kier alpha value is -0.830. The summed E-state index contributed by atoms with van der Waals surface area (Å²) in [6.45, 7) is 1.88. The Bertz CT molecular complexity index is 162. The van der Waals surface area contributed by atoms with Crippen molar-refractivity contribution < 1.29 is 14.3 Å². The Kier molecular flexibility index (Phi) is 4.58. The van der Waals surface area contributed by atoms with Crippen molar-refractivity contribution in [3.05, 3.63) is 11.1 Å². The minimum absolute atomic E-state index is 0.163. The molecular weight excluding hydrogens is 156 g/mol. The van der Waals surface area contributed by atoms with Gasteiger partial charge in [0.25, 0.3) is 0 Å². The highest BCUT2D eigenvalue weighted by molar-refractivity contribution is 6.30. The van der Waals surface area contributed by atoms with Gasteiger partial charge in [-0.1, -0.05) is 11.6 Å². The zero-order chi connectivity index (χ0) is 7.98. The molecule has 0 aromatic rings. The first-order valence-electron chi connectivity index (χ1n) is 2.69. The topological polar surface area (TPSA) is 43.4 Å². The Labute approximate surface area is 63.6 Å². The van der Waals surface area contributed by atoms with E-state index in [4.69, 9.17) is 11.6 Å². The average molecular weight is 163 g/mol. The van der Waals surface area contributed by atoms with E-state index in [-0.39, 0.29) is 12.2 Å². The van der Waals surface area contributed by atoms with Crippen molar-refractivity contribution in [2.75, 3.05) is 6.61 Å². The average Bonchev–Trinajstić information content (AvgIpc) is 1.91. The van der Waals surface area contributed by atoms with Crippen molar-refractivity contribution in [2.45, 2.75) is 6.92 Å². The predicted molar refractivity (Wildman–Crippen MR) is 36.6 cm³/mol. The lowest BCUT2D eigenvalue weighted by molar-refractivity contribution is -0.139. The van der Waals surface area contributed by atoms with Gasteiger partial charge in [-0.15, -0.1) is 0 Å². The zero-order valence-corrected chi connectivity index (χ0v) is 6.22. The minimum Gasteiger partial charge on any atom is -0.462 e. The van der Waals surface area contributed by atoms with Crippen molar-refractivity contribution in [2.24, 2.45) is 0 Å². The summed E-state index contributed by atoms with van der Waals surface area (Å²) in [5.41, 5.74) is 0.730. The highest BCUT2D eigenvalue weighted by Gasteiger charge is 2.06. The summed E-state index contributed by atoms with van der Waals surface area (Å²) < 4.78 is 4.46. The molecule has 0 rings (SSSR count). The van der Waals surface area contributed by atoms with Gasteiger partial charge in [-0.2, -0.15) is 0 Å². The van der Waals surface area contributed by atoms with Gasteiger partial charge in [0.15, 0.2) is 6.29 Å². The molecule has 0 aliphatic carbocycles. The maximum Gasteiger partial charge on any atom is 0.342 e. The summed E-state index contributed by atoms with van der Waals surface area (Å²) in [6.07, 6.45) is 0.352. The quantitative estimate of drug-likeness (QED) is 0.203. The summed E-state index contributed by atoms with van der Waals surface area (Å²) in [4.78, 5) is 20.6. The van der Waals surface area contributed by atoms with Crippen LogP contribution >= 0.6 is 11.6 Å². The van der Waals surface area contributed by atoms with Crippen LogP contribution in [0.4, 0.5) is 0 Å². The highest BCUT2D eigenvalue weighted by atomic mass is 35.5. The van der Waals surface area contributed by atoms with Gasteiger partial charge in [0.05, 0.1) is 6.61 Å². The van der Waals surface area contributed by atoms with Crippen LogP contribution in [0.2, 0.25) is 0 Å². The molecule has 0 atom stereocenters. The molecule has 0 aliphatic rings. The summed E-state index contributed by atoms with van der Waals surface area (Å²) >= 11 is 5.10. The lowest BCUT2D eigenvalue weighted by atomic mass is 10.3. The fraction of sp³-hybridized carbons (Fsp3) is 0.333. The first kappa shape index (κ1) is 9.17. The summed E-state index contributed by atoms with van der Waals surface area (Å²) in [5, 5.41) is 0. The largest absolute Gasteiger partial charge is 0.462 e. The predicted octanol–water partition coefficient (Wildman–Crippen LogP) is 0.871. The van der Waals surface area contributed by atoms with Gasteiger partial charge in [-0.05, 0) is 6.92 Å². The molecule has 0 heterocycles. The van der Waals surface area contributed by atoms with E-state index in [9.17, 15) is 9.59 Å². The van der Waals surface area contributed by atoms with Gasteiger partial charge >= 0.3 is 5.97 Å². The lowest BCUT2D eigenvalue weighted by Crippen LogP contribution is -2.07.